The smallest absolute Gasteiger partial charge is 0.250 e. The van der Waals surface area contributed by atoms with E-state index in [0.29, 0.717) is 44.3 Å². The van der Waals surface area contributed by atoms with Crippen LogP contribution in [0.1, 0.15) is 5.56 Å². The van der Waals surface area contributed by atoms with Crippen LogP contribution in [0.4, 0.5) is 17.8 Å². The molecule has 1 aromatic carbocycles. The summed E-state index contributed by atoms with van der Waals surface area (Å²) in [5.41, 5.74) is 5.05. The maximum atomic E-state index is 5.46. The number of aromatic amines is 1. The number of ether oxygens (including phenoxy) is 2. The van der Waals surface area contributed by atoms with Gasteiger partial charge in [0.25, 0.3) is 0 Å². The molecule has 0 bridgehead atoms. The third-order valence-electron chi connectivity index (χ3n) is 5.19. The molecule has 2 aromatic heterocycles. The van der Waals surface area contributed by atoms with Crippen LogP contribution >= 0.6 is 0 Å². The van der Waals surface area contributed by atoms with E-state index >= 15 is 0 Å². The SMILES string of the molecule is C(=N/Nc1nc(N2CCOCC2)nc(N2CCOCC2)n1)/c1c[nH]c2ccccc12. The Hall–Kier alpha value is -3.24. The molecule has 0 aliphatic carbocycles. The standard InChI is InChI=1S/C20H24N8O2/c1-2-4-17-16(3-1)15(13-21-17)14-22-26-18-23-19(27-5-9-29-10-6-27)25-20(24-18)28-7-11-30-12-8-28/h1-4,13-14,21H,5-12H2,(H,23,24,25,26)/b22-14-. The Morgan fingerprint density at radius 3 is 2.20 bits per heavy atom. The third-order valence-corrected chi connectivity index (χ3v) is 5.19. The van der Waals surface area contributed by atoms with Crippen molar-refractivity contribution in [1.29, 1.82) is 0 Å². The molecule has 0 amide bonds. The van der Waals surface area contributed by atoms with E-state index in [1.54, 1.807) is 6.21 Å². The molecule has 0 atom stereocenters. The maximum absolute atomic E-state index is 5.46. The minimum atomic E-state index is 0.420. The summed E-state index contributed by atoms with van der Waals surface area (Å²) in [4.78, 5) is 21.4. The highest BCUT2D eigenvalue weighted by molar-refractivity contribution is 5.99. The summed E-state index contributed by atoms with van der Waals surface area (Å²) in [5, 5.41) is 5.49. The van der Waals surface area contributed by atoms with E-state index in [9.17, 15) is 0 Å². The van der Waals surface area contributed by atoms with Crippen molar-refractivity contribution >= 4 is 35.0 Å². The number of nitrogens with zero attached hydrogens (tertiary/aromatic N) is 6. The van der Waals surface area contributed by atoms with Crippen LogP contribution in [-0.2, 0) is 9.47 Å². The van der Waals surface area contributed by atoms with Gasteiger partial charge in [-0.15, -0.1) is 0 Å². The zero-order valence-electron chi connectivity index (χ0n) is 16.6. The van der Waals surface area contributed by atoms with Crippen molar-refractivity contribution in [3.63, 3.8) is 0 Å². The van der Waals surface area contributed by atoms with Crippen molar-refractivity contribution in [2.24, 2.45) is 5.10 Å². The molecule has 2 fully saturated rings. The van der Waals surface area contributed by atoms with Gasteiger partial charge in [0.15, 0.2) is 0 Å². The fraction of sp³-hybridized carbons (Fsp3) is 0.400. The van der Waals surface area contributed by atoms with E-state index in [1.807, 2.05) is 24.4 Å². The van der Waals surface area contributed by atoms with Gasteiger partial charge < -0.3 is 24.3 Å². The summed E-state index contributed by atoms with van der Waals surface area (Å²) in [5.74, 6) is 1.70. The molecule has 2 aliphatic heterocycles. The predicted molar refractivity (Wildman–Crippen MR) is 115 cm³/mol. The number of hydrogen-bond donors (Lipinski definition) is 2. The molecule has 4 heterocycles. The van der Waals surface area contributed by atoms with Crippen LogP contribution in [0, 0.1) is 0 Å². The maximum Gasteiger partial charge on any atom is 0.250 e. The second-order valence-electron chi connectivity index (χ2n) is 7.12. The van der Waals surface area contributed by atoms with Gasteiger partial charge in [-0.2, -0.15) is 20.1 Å². The molecule has 2 aliphatic rings. The summed E-state index contributed by atoms with van der Waals surface area (Å²) in [6.45, 7) is 5.69. The van der Waals surface area contributed by atoms with Crippen molar-refractivity contribution < 1.29 is 9.47 Å². The van der Waals surface area contributed by atoms with Gasteiger partial charge in [0.05, 0.1) is 32.6 Å². The number of aromatic nitrogens is 4. The highest BCUT2D eigenvalue weighted by Crippen LogP contribution is 2.19. The van der Waals surface area contributed by atoms with Crippen molar-refractivity contribution in [1.82, 2.24) is 19.9 Å². The average molecular weight is 408 g/mol. The van der Waals surface area contributed by atoms with Gasteiger partial charge in [0.2, 0.25) is 17.8 Å². The molecule has 30 heavy (non-hydrogen) atoms. The number of morpholine rings is 2. The number of para-hydroxylation sites is 1. The number of rotatable bonds is 5. The molecule has 0 spiro atoms. The van der Waals surface area contributed by atoms with Gasteiger partial charge >= 0.3 is 0 Å². The van der Waals surface area contributed by atoms with E-state index < -0.39 is 0 Å². The van der Waals surface area contributed by atoms with Crippen molar-refractivity contribution in [3.8, 4) is 0 Å². The number of hydrogen-bond acceptors (Lipinski definition) is 9. The predicted octanol–water partition coefficient (Wildman–Crippen LogP) is 1.47. The van der Waals surface area contributed by atoms with Crippen molar-refractivity contribution in [2.45, 2.75) is 0 Å². The highest BCUT2D eigenvalue weighted by Gasteiger charge is 2.20. The molecule has 5 rings (SSSR count). The second-order valence-corrected chi connectivity index (χ2v) is 7.12. The fourth-order valence-corrected chi connectivity index (χ4v) is 3.57. The Labute approximate surface area is 173 Å². The molecule has 0 unspecified atom stereocenters. The first kappa shape index (κ1) is 18.8. The van der Waals surface area contributed by atoms with Gasteiger partial charge in [-0.1, -0.05) is 18.2 Å². The molecule has 0 saturated carbocycles. The van der Waals surface area contributed by atoms with Gasteiger partial charge in [0.1, 0.15) is 0 Å². The Bertz CT molecular complexity index is 988. The number of benzene rings is 1. The molecule has 0 radical (unpaired) electrons. The van der Waals surface area contributed by atoms with E-state index in [4.69, 9.17) is 14.5 Å². The Balaban J connectivity index is 1.39. The molecule has 10 heteroatoms. The Morgan fingerprint density at radius 1 is 0.900 bits per heavy atom. The lowest BCUT2D eigenvalue weighted by molar-refractivity contribution is 0.121. The van der Waals surface area contributed by atoms with E-state index in [1.165, 1.54) is 0 Å². The van der Waals surface area contributed by atoms with Crippen molar-refractivity contribution in [3.05, 3.63) is 36.0 Å². The van der Waals surface area contributed by atoms with Crippen LogP contribution in [0.3, 0.4) is 0 Å². The van der Waals surface area contributed by atoms with Gasteiger partial charge in [-0.3, -0.25) is 0 Å². The summed E-state index contributed by atoms with van der Waals surface area (Å²) in [6.07, 6.45) is 3.70. The highest BCUT2D eigenvalue weighted by atomic mass is 16.5. The lowest BCUT2D eigenvalue weighted by Crippen LogP contribution is -2.40. The number of nitrogens with one attached hydrogen (secondary N) is 2. The molecular formula is C20H24N8O2. The molecule has 2 N–H and O–H groups in total. The Kier molecular flexibility index (Phi) is 5.40. The molecule has 10 nitrogen and oxygen atoms in total. The van der Waals surface area contributed by atoms with Crippen LogP contribution in [0.15, 0.2) is 35.6 Å². The normalized spacial score (nSPS) is 17.7. The van der Waals surface area contributed by atoms with Gasteiger partial charge in [0, 0.05) is 48.8 Å². The lowest BCUT2D eigenvalue weighted by Gasteiger charge is -2.30. The summed E-state index contributed by atoms with van der Waals surface area (Å²) in [6, 6.07) is 8.11. The van der Waals surface area contributed by atoms with Gasteiger partial charge in [-0.25, -0.2) is 5.43 Å². The quantitative estimate of drug-likeness (QED) is 0.483. The minimum Gasteiger partial charge on any atom is -0.378 e. The zero-order valence-corrected chi connectivity index (χ0v) is 16.6. The van der Waals surface area contributed by atoms with Crippen molar-refractivity contribution in [2.75, 3.05) is 67.8 Å². The van der Waals surface area contributed by atoms with Gasteiger partial charge in [-0.05, 0) is 6.07 Å². The van der Waals surface area contributed by atoms with E-state index in [2.05, 4.69) is 41.3 Å². The average Bonchev–Trinajstić information content (AvgIpc) is 3.23. The van der Waals surface area contributed by atoms with Crippen LogP contribution in [0.25, 0.3) is 10.9 Å². The lowest BCUT2D eigenvalue weighted by atomic mass is 10.2. The minimum absolute atomic E-state index is 0.420. The number of fused-ring (bicyclic) bond motifs is 1. The first-order valence-corrected chi connectivity index (χ1v) is 10.1. The molecule has 156 valence electrons. The summed E-state index contributed by atoms with van der Waals surface area (Å²) < 4.78 is 10.9. The number of anilines is 3. The Morgan fingerprint density at radius 2 is 1.53 bits per heavy atom. The fourth-order valence-electron chi connectivity index (χ4n) is 3.57. The van der Waals surface area contributed by atoms with Crippen LogP contribution in [0.2, 0.25) is 0 Å². The monoisotopic (exact) mass is 408 g/mol. The second kappa shape index (κ2) is 8.64. The molecule has 2 saturated heterocycles. The molecular weight excluding hydrogens is 384 g/mol. The third kappa shape index (κ3) is 4.05. The van der Waals surface area contributed by atoms with Crippen LogP contribution in [-0.4, -0.2) is 78.8 Å². The number of H-pyrrole nitrogens is 1. The van der Waals surface area contributed by atoms with E-state index in [-0.39, 0.29) is 0 Å². The van der Waals surface area contributed by atoms with E-state index in [0.717, 1.165) is 42.6 Å². The largest absolute Gasteiger partial charge is 0.378 e. The topological polar surface area (TPSA) is 104 Å². The molecule has 3 aromatic rings. The van der Waals surface area contributed by atoms with Crippen LogP contribution < -0.4 is 15.2 Å². The summed E-state index contributed by atoms with van der Waals surface area (Å²) in [7, 11) is 0. The zero-order chi connectivity index (χ0) is 20.2. The number of hydrazone groups is 1. The first-order valence-electron chi connectivity index (χ1n) is 10.1. The first-order chi connectivity index (χ1) is 14.9. The van der Waals surface area contributed by atoms with Crippen LogP contribution in [0.5, 0.6) is 0 Å². The summed E-state index contributed by atoms with van der Waals surface area (Å²) >= 11 is 0.